The molecule has 2 N–H and O–H groups in total. The Balaban J connectivity index is 1.77. The molecule has 2 aromatic carbocycles. The van der Waals surface area contributed by atoms with Crippen molar-refractivity contribution in [3.63, 3.8) is 0 Å². The molecule has 0 saturated carbocycles. The number of rotatable bonds is 7. The molecule has 0 aliphatic rings. The van der Waals surface area contributed by atoms with E-state index in [9.17, 15) is 4.79 Å². The maximum absolute atomic E-state index is 11.9. The van der Waals surface area contributed by atoms with Crippen LogP contribution in [0.25, 0.3) is 0 Å². The van der Waals surface area contributed by atoms with E-state index in [1.165, 1.54) is 0 Å². The van der Waals surface area contributed by atoms with Crippen LogP contribution in [-0.2, 0) is 11.3 Å². The number of hydrogen-bond acceptors (Lipinski definition) is 3. The van der Waals surface area contributed by atoms with E-state index in [2.05, 4.69) is 10.6 Å². The fourth-order valence-corrected chi connectivity index (χ4v) is 2.21. The molecule has 0 aliphatic heterocycles. The van der Waals surface area contributed by atoms with Gasteiger partial charge < -0.3 is 15.4 Å². The predicted molar refractivity (Wildman–Crippen MR) is 94.0 cm³/mol. The van der Waals surface area contributed by atoms with Gasteiger partial charge in [0.15, 0.2) is 0 Å². The highest BCUT2D eigenvalue weighted by Crippen LogP contribution is 2.17. The number of benzene rings is 2. The smallest absolute Gasteiger partial charge is 0.239 e. The Bertz CT molecular complexity index is 642. The van der Waals surface area contributed by atoms with Crippen molar-refractivity contribution in [2.24, 2.45) is 0 Å². The number of amides is 1. The Hall–Kier alpha value is -2.20. The molecule has 2 rings (SSSR count). The fraction of sp³-hybridized carbons (Fsp3) is 0.278. The van der Waals surface area contributed by atoms with Crippen LogP contribution in [0.4, 0.5) is 5.69 Å². The summed E-state index contributed by atoms with van der Waals surface area (Å²) in [6.07, 6.45) is 0.143. The van der Waals surface area contributed by atoms with Crippen LogP contribution in [0.3, 0.4) is 0 Å². The second-order valence-electron chi connectivity index (χ2n) is 5.41. The van der Waals surface area contributed by atoms with Gasteiger partial charge in [-0.25, -0.2) is 0 Å². The summed E-state index contributed by atoms with van der Waals surface area (Å²) in [6, 6.07) is 15.0. The minimum atomic E-state index is -0.0903. The van der Waals surface area contributed by atoms with Crippen LogP contribution < -0.4 is 15.4 Å². The lowest BCUT2D eigenvalue weighted by molar-refractivity contribution is -0.119. The molecule has 0 aromatic heterocycles. The summed E-state index contributed by atoms with van der Waals surface area (Å²) >= 11 is 6.05. The number of nitrogens with one attached hydrogen (secondary N) is 2. The van der Waals surface area contributed by atoms with Crippen LogP contribution >= 0.6 is 11.6 Å². The highest BCUT2D eigenvalue weighted by atomic mass is 35.5. The van der Waals surface area contributed by atoms with Crippen molar-refractivity contribution in [2.75, 3.05) is 11.9 Å². The molecule has 0 unspecified atom stereocenters. The second-order valence-corrected chi connectivity index (χ2v) is 5.82. The van der Waals surface area contributed by atoms with Gasteiger partial charge in [-0.2, -0.15) is 0 Å². The second kappa shape index (κ2) is 8.44. The van der Waals surface area contributed by atoms with Crippen LogP contribution in [0.5, 0.6) is 5.75 Å². The van der Waals surface area contributed by atoms with Crippen molar-refractivity contribution in [1.29, 1.82) is 0 Å². The molecule has 23 heavy (non-hydrogen) atoms. The monoisotopic (exact) mass is 332 g/mol. The first kappa shape index (κ1) is 17.2. The molecule has 0 heterocycles. The van der Waals surface area contributed by atoms with E-state index in [1.807, 2.05) is 62.4 Å². The van der Waals surface area contributed by atoms with E-state index < -0.39 is 0 Å². The van der Waals surface area contributed by atoms with Crippen molar-refractivity contribution in [3.8, 4) is 5.75 Å². The van der Waals surface area contributed by atoms with Gasteiger partial charge in [-0.1, -0.05) is 29.8 Å². The Morgan fingerprint density at radius 1 is 1.13 bits per heavy atom. The van der Waals surface area contributed by atoms with E-state index in [4.69, 9.17) is 16.3 Å². The zero-order chi connectivity index (χ0) is 16.7. The normalized spacial score (nSPS) is 10.4. The van der Waals surface area contributed by atoms with Gasteiger partial charge in [0.1, 0.15) is 5.75 Å². The molecule has 0 bridgehead atoms. The molecule has 4 nitrogen and oxygen atoms in total. The molecule has 0 saturated heterocycles. The van der Waals surface area contributed by atoms with Crippen molar-refractivity contribution in [1.82, 2.24) is 5.32 Å². The van der Waals surface area contributed by atoms with Crippen molar-refractivity contribution >= 4 is 23.2 Å². The summed E-state index contributed by atoms with van der Waals surface area (Å²) < 4.78 is 5.57. The summed E-state index contributed by atoms with van der Waals surface area (Å²) in [5, 5.41) is 6.57. The lowest BCUT2D eigenvalue weighted by Crippen LogP contribution is -2.29. The Labute approximate surface area is 141 Å². The Morgan fingerprint density at radius 2 is 1.83 bits per heavy atom. The van der Waals surface area contributed by atoms with E-state index in [1.54, 1.807) is 0 Å². The van der Waals surface area contributed by atoms with Gasteiger partial charge in [0.05, 0.1) is 12.6 Å². The SMILES string of the molecule is CC(C)Oc1ccc(NCC(=O)NCc2ccccc2Cl)cc1. The topological polar surface area (TPSA) is 50.4 Å². The van der Waals surface area contributed by atoms with E-state index in [0.29, 0.717) is 11.6 Å². The molecule has 5 heteroatoms. The van der Waals surface area contributed by atoms with Crippen molar-refractivity contribution in [2.45, 2.75) is 26.5 Å². The molecular formula is C18H21ClN2O2. The molecule has 1 amide bonds. The lowest BCUT2D eigenvalue weighted by atomic mass is 10.2. The van der Waals surface area contributed by atoms with Crippen LogP contribution in [0.1, 0.15) is 19.4 Å². The van der Waals surface area contributed by atoms with Gasteiger partial charge in [-0.3, -0.25) is 4.79 Å². The third-order valence-corrected chi connectivity index (χ3v) is 3.48. The minimum absolute atomic E-state index is 0.0903. The summed E-state index contributed by atoms with van der Waals surface area (Å²) in [7, 11) is 0. The average Bonchev–Trinajstić information content (AvgIpc) is 2.53. The fourth-order valence-electron chi connectivity index (χ4n) is 2.00. The number of hydrogen-bond donors (Lipinski definition) is 2. The van der Waals surface area contributed by atoms with Crippen LogP contribution in [0, 0.1) is 0 Å². The highest BCUT2D eigenvalue weighted by Gasteiger charge is 2.04. The third-order valence-electron chi connectivity index (χ3n) is 3.11. The molecule has 0 atom stereocenters. The van der Waals surface area contributed by atoms with Crippen LogP contribution in [0.2, 0.25) is 5.02 Å². The number of carbonyl (C=O) groups is 1. The Morgan fingerprint density at radius 3 is 2.48 bits per heavy atom. The summed E-state index contributed by atoms with van der Waals surface area (Å²) in [4.78, 5) is 11.9. The zero-order valence-corrected chi connectivity index (χ0v) is 14.1. The summed E-state index contributed by atoms with van der Waals surface area (Å²) in [5.74, 6) is 0.723. The first-order chi connectivity index (χ1) is 11.0. The Kier molecular flexibility index (Phi) is 6.29. The third kappa shape index (κ3) is 5.83. The van der Waals surface area contributed by atoms with Crippen LogP contribution in [-0.4, -0.2) is 18.6 Å². The average molecular weight is 333 g/mol. The zero-order valence-electron chi connectivity index (χ0n) is 13.3. The van der Waals surface area contributed by atoms with Gasteiger partial charge >= 0.3 is 0 Å². The largest absolute Gasteiger partial charge is 0.491 e. The molecule has 122 valence electrons. The molecular weight excluding hydrogens is 312 g/mol. The predicted octanol–water partition coefficient (Wildman–Crippen LogP) is 3.86. The van der Waals surface area contributed by atoms with Crippen LogP contribution in [0.15, 0.2) is 48.5 Å². The van der Waals surface area contributed by atoms with Gasteiger partial charge in [-0.05, 0) is 49.7 Å². The summed E-state index contributed by atoms with van der Waals surface area (Å²) in [6.45, 7) is 4.58. The number of ether oxygens (including phenoxy) is 1. The molecule has 0 spiro atoms. The number of carbonyl (C=O) groups excluding carboxylic acids is 1. The number of anilines is 1. The maximum Gasteiger partial charge on any atom is 0.239 e. The molecule has 0 fully saturated rings. The molecule has 2 aromatic rings. The molecule has 0 radical (unpaired) electrons. The van der Waals surface area contributed by atoms with Crippen molar-refractivity contribution in [3.05, 3.63) is 59.1 Å². The highest BCUT2D eigenvalue weighted by molar-refractivity contribution is 6.31. The summed E-state index contributed by atoms with van der Waals surface area (Å²) in [5.41, 5.74) is 1.77. The maximum atomic E-state index is 11.9. The quantitative estimate of drug-likeness (QED) is 0.809. The standard InChI is InChI=1S/C18H21ClN2O2/c1-13(2)23-16-9-7-15(8-10-16)20-12-18(22)21-11-14-5-3-4-6-17(14)19/h3-10,13,20H,11-12H2,1-2H3,(H,21,22). The first-order valence-electron chi connectivity index (χ1n) is 7.55. The van der Waals surface area contributed by atoms with E-state index >= 15 is 0 Å². The van der Waals surface area contributed by atoms with Gasteiger partial charge in [0.2, 0.25) is 5.91 Å². The van der Waals surface area contributed by atoms with Gasteiger partial charge in [0.25, 0.3) is 0 Å². The van der Waals surface area contributed by atoms with Crippen molar-refractivity contribution < 1.29 is 9.53 Å². The first-order valence-corrected chi connectivity index (χ1v) is 7.93. The van der Waals surface area contributed by atoms with E-state index in [0.717, 1.165) is 17.0 Å². The lowest BCUT2D eigenvalue weighted by Gasteiger charge is -2.11. The number of halogens is 1. The van der Waals surface area contributed by atoms with Gasteiger partial charge in [0, 0.05) is 17.3 Å². The molecule has 0 aliphatic carbocycles. The van der Waals surface area contributed by atoms with Gasteiger partial charge in [-0.15, -0.1) is 0 Å². The minimum Gasteiger partial charge on any atom is -0.491 e. The van der Waals surface area contributed by atoms with E-state index in [-0.39, 0.29) is 18.6 Å².